The van der Waals surface area contributed by atoms with Gasteiger partial charge in [-0.05, 0) is 56.4 Å². The number of aryl methyl sites for hydroxylation is 1. The standard InChI is InChI=1S/C29H38FN5O3/c1-6-9-21(8-3)35-18-34(15-13-31)28(37)22-12-14-33(17-25(22)35)29(38)26(19(4)5)32-27(36)23-16-20(7-2)10-11-24(23)30/h6,8-11,16,19,22,25-26H,7,12,14-15,17-18H2,1-5H3,(H,32,36). The predicted molar refractivity (Wildman–Crippen MR) is 143 cm³/mol. The van der Waals surface area contributed by atoms with Crippen molar-refractivity contribution >= 4 is 17.7 Å². The van der Waals surface area contributed by atoms with Crippen LogP contribution >= 0.6 is 0 Å². The molecule has 0 spiro atoms. The molecular weight excluding hydrogens is 485 g/mol. The Labute approximate surface area is 224 Å². The second-order valence-corrected chi connectivity index (χ2v) is 10.1. The minimum absolute atomic E-state index is 0.00524. The zero-order valence-electron chi connectivity index (χ0n) is 22.9. The zero-order chi connectivity index (χ0) is 28.0. The molecular formula is C29H38FN5O3. The number of likely N-dealkylation sites (tertiary alicyclic amines) is 1. The number of fused-ring (bicyclic) bond motifs is 1. The van der Waals surface area contributed by atoms with Crippen LogP contribution in [0, 0.1) is 29.0 Å². The van der Waals surface area contributed by atoms with Gasteiger partial charge in [-0.3, -0.25) is 14.4 Å². The van der Waals surface area contributed by atoms with Gasteiger partial charge in [-0.25, -0.2) is 4.39 Å². The zero-order valence-corrected chi connectivity index (χ0v) is 22.9. The van der Waals surface area contributed by atoms with Gasteiger partial charge in [0.05, 0.1) is 30.3 Å². The molecule has 204 valence electrons. The first kappa shape index (κ1) is 28.9. The van der Waals surface area contributed by atoms with Crippen molar-refractivity contribution in [2.45, 2.75) is 59.5 Å². The van der Waals surface area contributed by atoms with E-state index >= 15 is 0 Å². The number of halogens is 1. The summed E-state index contributed by atoms with van der Waals surface area (Å²) in [4.78, 5) is 45.3. The maximum absolute atomic E-state index is 14.5. The van der Waals surface area contributed by atoms with Crippen molar-refractivity contribution in [3.63, 3.8) is 0 Å². The van der Waals surface area contributed by atoms with Crippen LogP contribution < -0.4 is 5.32 Å². The number of amides is 3. The van der Waals surface area contributed by atoms with Crippen LogP contribution in [0.1, 0.15) is 57.0 Å². The Hall–Kier alpha value is -3.67. The average molecular weight is 524 g/mol. The molecule has 0 bridgehead atoms. The highest BCUT2D eigenvalue weighted by molar-refractivity contribution is 5.98. The molecule has 2 saturated heterocycles. The molecule has 0 saturated carbocycles. The molecule has 1 aromatic carbocycles. The number of rotatable bonds is 8. The van der Waals surface area contributed by atoms with Crippen LogP contribution in [-0.2, 0) is 16.0 Å². The van der Waals surface area contributed by atoms with Crippen molar-refractivity contribution in [3.05, 3.63) is 59.1 Å². The van der Waals surface area contributed by atoms with Crippen LogP contribution in [0.25, 0.3) is 0 Å². The molecule has 0 aliphatic carbocycles. The van der Waals surface area contributed by atoms with Gasteiger partial charge >= 0.3 is 0 Å². The van der Waals surface area contributed by atoms with Gasteiger partial charge in [0.25, 0.3) is 5.91 Å². The minimum Gasteiger partial charge on any atom is -0.348 e. The lowest BCUT2D eigenvalue weighted by atomic mass is 9.86. The summed E-state index contributed by atoms with van der Waals surface area (Å²) < 4.78 is 14.5. The summed E-state index contributed by atoms with van der Waals surface area (Å²) in [5, 5.41) is 12.0. The number of nitrogens with one attached hydrogen (secondary N) is 1. The van der Waals surface area contributed by atoms with Crippen molar-refractivity contribution in [1.29, 1.82) is 5.26 Å². The normalized spacial score (nSPS) is 20.9. The summed E-state index contributed by atoms with van der Waals surface area (Å²) in [7, 11) is 0. The third kappa shape index (κ3) is 6.07. The quantitative estimate of drug-likeness (QED) is 0.416. The summed E-state index contributed by atoms with van der Waals surface area (Å²) in [5.41, 5.74) is 1.67. The third-order valence-corrected chi connectivity index (χ3v) is 7.38. The molecule has 2 aliphatic rings. The van der Waals surface area contributed by atoms with Crippen molar-refractivity contribution < 1.29 is 18.8 Å². The van der Waals surface area contributed by atoms with Crippen LogP contribution in [0.4, 0.5) is 4.39 Å². The molecule has 3 unspecified atom stereocenters. The first-order chi connectivity index (χ1) is 18.2. The molecule has 2 aliphatic heterocycles. The lowest BCUT2D eigenvalue weighted by Crippen LogP contribution is -2.65. The fourth-order valence-electron chi connectivity index (χ4n) is 5.24. The Kier molecular flexibility index (Phi) is 9.67. The molecule has 9 heteroatoms. The van der Waals surface area contributed by atoms with Crippen LogP contribution in [-0.4, -0.2) is 70.8 Å². The highest BCUT2D eigenvalue weighted by Gasteiger charge is 2.46. The van der Waals surface area contributed by atoms with Gasteiger partial charge < -0.3 is 20.0 Å². The molecule has 8 nitrogen and oxygen atoms in total. The Morgan fingerprint density at radius 2 is 2.03 bits per heavy atom. The van der Waals surface area contributed by atoms with Crippen LogP contribution in [0.3, 0.4) is 0 Å². The number of piperidine rings is 1. The summed E-state index contributed by atoms with van der Waals surface area (Å²) in [6.45, 7) is 10.4. The largest absolute Gasteiger partial charge is 0.348 e. The summed E-state index contributed by atoms with van der Waals surface area (Å²) in [5.74, 6) is -2.15. The summed E-state index contributed by atoms with van der Waals surface area (Å²) in [6.07, 6.45) is 6.93. The first-order valence-electron chi connectivity index (χ1n) is 13.3. The summed E-state index contributed by atoms with van der Waals surface area (Å²) in [6, 6.07) is 5.41. The molecule has 1 N–H and O–H groups in total. The van der Waals surface area contributed by atoms with E-state index in [-0.39, 0.29) is 48.5 Å². The number of hydrogen-bond acceptors (Lipinski definition) is 5. The fourth-order valence-corrected chi connectivity index (χ4v) is 5.24. The molecule has 2 fully saturated rings. The smallest absolute Gasteiger partial charge is 0.254 e. The van der Waals surface area contributed by atoms with Gasteiger partial charge in [-0.15, -0.1) is 0 Å². The minimum atomic E-state index is -0.844. The number of carbonyl (C=O) groups excluding carboxylic acids is 3. The maximum atomic E-state index is 14.5. The van der Waals surface area contributed by atoms with E-state index in [0.29, 0.717) is 25.9 Å². The number of nitrogens with zero attached hydrogens (tertiary/aromatic N) is 4. The van der Waals surface area contributed by atoms with Gasteiger partial charge in [-0.2, -0.15) is 5.26 Å². The van der Waals surface area contributed by atoms with Gasteiger partial charge in [0.15, 0.2) is 0 Å². The second kappa shape index (κ2) is 12.7. The lowest BCUT2D eigenvalue weighted by Gasteiger charge is -2.51. The van der Waals surface area contributed by atoms with Crippen LogP contribution in [0.5, 0.6) is 0 Å². The van der Waals surface area contributed by atoms with Crippen molar-refractivity contribution in [2.75, 3.05) is 26.3 Å². The van der Waals surface area contributed by atoms with Gasteiger partial charge in [0.2, 0.25) is 11.8 Å². The van der Waals surface area contributed by atoms with Gasteiger partial charge in [-0.1, -0.05) is 39.0 Å². The summed E-state index contributed by atoms with van der Waals surface area (Å²) >= 11 is 0. The number of nitriles is 1. The lowest BCUT2D eigenvalue weighted by molar-refractivity contribution is -0.153. The SMILES string of the molecule is CC=CC(=CC)N1CN(CC#N)C(=O)C2CCN(C(=O)C(NC(=O)c3cc(CC)ccc3F)C(C)C)CC21. The van der Waals surface area contributed by atoms with E-state index in [0.717, 1.165) is 11.3 Å². The molecule has 0 aromatic heterocycles. The Morgan fingerprint density at radius 3 is 2.63 bits per heavy atom. The Bertz CT molecular complexity index is 1160. The first-order valence-corrected chi connectivity index (χ1v) is 13.3. The molecule has 1 aromatic rings. The number of hydrogen-bond donors (Lipinski definition) is 1. The van der Waals surface area contributed by atoms with E-state index in [1.165, 1.54) is 12.1 Å². The average Bonchev–Trinajstić information content (AvgIpc) is 2.91. The molecule has 3 rings (SSSR count). The maximum Gasteiger partial charge on any atom is 0.254 e. The van der Waals surface area contributed by atoms with Crippen molar-refractivity contribution in [2.24, 2.45) is 11.8 Å². The van der Waals surface area contributed by atoms with E-state index in [1.807, 2.05) is 52.8 Å². The molecule has 3 amide bonds. The predicted octanol–water partition coefficient (Wildman–Crippen LogP) is 3.46. The van der Waals surface area contributed by atoms with E-state index in [2.05, 4.69) is 16.3 Å². The topological polar surface area (TPSA) is 96.8 Å². The van der Waals surface area contributed by atoms with Crippen LogP contribution in [0.2, 0.25) is 0 Å². The van der Waals surface area contributed by atoms with E-state index in [4.69, 9.17) is 0 Å². The Morgan fingerprint density at radius 1 is 1.29 bits per heavy atom. The molecule has 0 radical (unpaired) electrons. The monoisotopic (exact) mass is 523 g/mol. The van der Waals surface area contributed by atoms with E-state index < -0.39 is 17.8 Å². The Balaban J connectivity index is 1.85. The third-order valence-electron chi connectivity index (χ3n) is 7.38. The highest BCUT2D eigenvalue weighted by Crippen LogP contribution is 2.32. The van der Waals surface area contributed by atoms with Crippen molar-refractivity contribution in [3.8, 4) is 6.07 Å². The van der Waals surface area contributed by atoms with Crippen molar-refractivity contribution in [1.82, 2.24) is 20.0 Å². The van der Waals surface area contributed by atoms with Crippen LogP contribution in [0.15, 0.2) is 42.1 Å². The molecule has 3 atom stereocenters. The van der Waals surface area contributed by atoms with E-state index in [1.54, 1.807) is 15.9 Å². The fraction of sp³-hybridized carbons (Fsp3) is 0.517. The van der Waals surface area contributed by atoms with Gasteiger partial charge in [0.1, 0.15) is 18.4 Å². The highest BCUT2D eigenvalue weighted by atomic mass is 19.1. The second-order valence-electron chi connectivity index (χ2n) is 10.1. The number of benzene rings is 1. The number of allylic oxidation sites excluding steroid dienone is 3. The molecule has 2 heterocycles. The van der Waals surface area contributed by atoms with E-state index in [9.17, 15) is 24.0 Å². The molecule has 38 heavy (non-hydrogen) atoms. The van der Waals surface area contributed by atoms with Gasteiger partial charge in [0, 0.05) is 18.8 Å². The number of carbonyl (C=O) groups is 3.